The van der Waals surface area contributed by atoms with Gasteiger partial charge in [-0.25, -0.2) is 24.9 Å². The lowest BCUT2D eigenvalue weighted by Gasteiger charge is -2.02. The van der Waals surface area contributed by atoms with Crippen LogP contribution in [0.3, 0.4) is 0 Å². The van der Waals surface area contributed by atoms with E-state index in [1.54, 1.807) is 31.1 Å². The Morgan fingerprint density at radius 3 is 1.17 bits per heavy atom. The quantitative estimate of drug-likeness (QED) is 0.148. The van der Waals surface area contributed by atoms with Crippen molar-refractivity contribution in [2.45, 2.75) is 163 Å². The maximum absolute atomic E-state index is 10.6. The van der Waals surface area contributed by atoms with Crippen molar-refractivity contribution in [2.24, 2.45) is 0 Å². The third-order valence-electron chi connectivity index (χ3n) is 7.45. The minimum Gasteiger partial charge on any atom is -0.286 e. The summed E-state index contributed by atoms with van der Waals surface area (Å²) in [6.07, 6.45) is 17.1. The summed E-state index contributed by atoms with van der Waals surface area (Å²) >= 11 is 0. The van der Waals surface area contributed by atoms with Gasteiger partial charge in [0.1, 0.15) is 24.8 Å². The molecule has 6 aromatic rings. The van der Waals surface area contributed by atoms with Crippen LogP contribution in [0.1, 0.15) is 197 Å². The highest BCUT2D eigenvalue weighted by Crippen LogP contribution is 2.11. The zero-order chi connectivity index (χ0) is 40.5. The summed E-state index contributed by atoms with van der Waals surface area (Å²) in [6, 6.07) is 13.4. The van der Waals surface area contributed by atoms with Gasteiger partial charge in [0.2, 0.25) is 10.9 Å². The van der Waals surface area contributed by atoms with E-state index < -0.39 is 0 Å². The van der Waals surface area contributed by atoms with Crippen LogP contribution in [0.2, 0.25) is 0 Å². The standard InChI is InChI=1S/2C8H11N.2C7H10N2.C7H8O2.C6H9N3.6CH4/c1-7(2)8-3-5-9-6-4-8;1-7(2)8-5-3-4-6-9-8;1-6(2)7-5-8-3-4-9-7;1-6(2)7-3-4-8-5-9-7;1-4(2)5-3-6(8)7(5)9;1-5(2)6-8-3-7-4-9-6;;;;;;/h2*3-7H,1-2H3;2*3-6H,1-2H3;3-4H,1-2H3;3-5H,1-2H3;6*1H4. The number of aromatic nitrogens is 9. The number of hydrogen-bond acceptors (Lipinski definition) is 11. The van der Waals surface area contributed by atoms with Crippen LogP contribution in [0.4, 0.5) is 0 Å². The van der Waals surface area contributed by atoms with Gasteiger partial charge in [0.15, 0.2) is 0 Å². The first kappa shape index (κ1) is 66.4. The monoisotopic (exact) mass is 830 g/mol. The predicted molar refractivity (Wildman–Crippen MR) is 259 cm³/mol. The van der Waals surface area contributed by atoms with Crippen LogP contribution in [-0.2, 0) is 0 Å². The van der Waals surface area contributed by atoms with Crippen LogP contribution in [0.5, 0.6) is 0 Å². The lowest BCUT2D eigenvalue weighted by Crippen LogP contribution is -2.34. The molecule has 0 saturated heterocycles. The van der Waals surface area contributed by atoms with E-state index in [1.807, 2.05) is 68.8 Å². The third-order valence-corrected chi connectivity index (χ3v) is 7.45. The summed E-state index contributed by atoms with van der Waals surface area (Å²) in [5.41, 5.74) is 4.69. The molecular formula is C49H83N9O2. The Morgan fingerprint density at radius 1 is 0.400 bits per heavy atom. The first-order chi connectivity index (χ1) is 25.6. The van der Waals surface area contributed by atoms with E-state index in [0.717, 1.165) is 22.9 Å². The lowest BCUT2D eigenvalue weighted by molar-refractivity contribution is 0.759. The highest BCUT2D eigenvalue weighted by molar-refractivity contribution is 5.22. The first-order valence-electron chi connectivity index (χ1n) is 18.4. The summed E-state index contributed by atoms with van der Waals surface area (Å²) in [6.45, 7) is 25.0. The lowest BCUT2D eigenvalue weighted by atomic mass is 10.00. The highest BCUT2D eigenvalue weighted by Gasteiger charge is 2.11. The summed E-state index contributed by atoms with van der Waals surface area (Å²) in [7, 11) is 0. The van der Waals surface area contributed by atoms with Crippen molar-refractivity contribution in [2.75, 3.05) is 0 Å². The Kier molecular flexibility index (Phi) is 41.8. The van der Waals surface area contributed by atoms with Gasteiger partial charge in [-0.05, 0) is 71.6 Å². The number of pyridine rings is 2. The van der Waals surface area contributed by atoms with Crippen LogP contribution in [0.15, 0.2) is 114 Å². The second kappa shape index (κ2) is 37.8. The normalized spacial score (nSPS) is 9.23. The van der Waals surface area contributed by atoms with E-state index in [4.69, 9.17) is 0 Å². The molecule has 0 aliphatic rings. The van der Waals surface area contributed by atoms with E-state index in [2.05, 4.69) is 114 Å². The largest absolute Gasteiger partial charge is 0.286 e. The second-order valence-corrected chi connectivity index (χ2v) is 14.0. The summed E-state index contributed by atoms with van der Waals surface area (Å²) in [5, 5.41) is 0. The van der Waals surface area contributed by atoms with Crippen molar-refractivity contribution >= 4 is 0 Å². The number of rotatable bonds is 6. The minimum atomic E-state index is -0.348. The van der Waals surface area contributed by atoms with Gasteiger partial charge >= 0.3 is 0 Å². The molecule has 5 heterocycles. The van der Waals surface area contributed by atoms with Crippen molar-refractivity contribution in [1.29, 1.82) is 0 Å². The van der Waals surface area contributed by atoms with E-state index in [0.29, 0.717) is 35.2 Å². The smallest absolute Gasteiger partial charge is 0.229 e. The number of nitrogens with zero attached hydrogens (tertiary/aromatic N) is 9. The Morgan fingerprint density at radius 2 is 0.900 bits per heavy atom. The van der Waals surface area contributed by atoms with Crippen LogP contribution < -0.4 is 10.9 Å². The van der Waals surface area contributed by atoms with Gasteiger partial charge in [-0.2, -0.15) is 0 Å². The van der Waals surface area contributed by atoms with Crippen LogP contribution in [0.25, 0.3) is 0 Å². The molecule has 0 atom stereocenters. The molecule has 6 rings (SSSR count). The molecule has 0 amide bonds. The van der Waals surface area contributed by atoms with Gasteiger partial charge in [-0.3, -0.25) is 29.5 Å². The summed E-state index contributed by atoms with van der Waals surface area (Å²) in [4.78, 5) is 56.6. The molecule has 0 radical (unpaired) electrons. The van der Waals surface area contributed by atoms with Crippen molar-refractivity contribution in [3.05, 3.63) is 159 Å². The third kappa shape index (κ3) is 28.1. The van der Waals surface area contributed by atoms with Crippen LogP contribution in [0, 0.1) is 0 Å². The molecule has 0 N–H and O–H groups in total. The zero-order valence-electron chi connectivity index (χ0n) is 34.1. The van der Waals surface area contributed by atoms with Crippen molar-refractivity contribution in [3.63, 3.8) is 0 Å². The van der Waals surface area contributed by atoms with Gasteiger partial charge in [-0.15, -0.1) is 0 Å². The summed E-state index contributed by atoms with van der Waals surface area (Å²) < 4.78 is 0. The van der Waals surface area contributed by atoms with Crippen molar-refractivity contribution in [1.82, 2.24) is 44.9 Å². The molecule has 0 aliphatic carbocycles. The van der Waals surface area contributed by atoms with Gasteiger partial charge in [0, 0.05) is 66.2 Å². The van der Waals surface area contributed by atoms with Crippen molar-refractivity contribution < 1.29 is 0 Å². The minimum absolute atomic E-state index is 0. The fraction of sp³-hybridized carbons (Fsp3) is 0.490. The molecule has 0 saturated carbocycles. The Hall–Kier alpha value is -5.45. The molecule has 0 aliphatic heterocycles. The van der Waals surface area contributed by atoms with E-state index in [1.165, 1.54) is 24.3 Å². The average Bonchev–Trinajstić information content (AvgIpc) is 3.19. The summed E-state index contributed by atoms with van der Waals surface area (Å²) in [5.74, 6) is 3.61. The fourth-order valence-corrected chi connectivity index (χ4v) is 4.03. The van der Waals surface area contributed by atoms with Gasteiger partial charge < -0.3 is 0 Å². The Labute approximate surface area is 366 Å². The van der Waals surface area contributed by atoms with Crippen LogP contribution >= 0.6 is 0 Å². The van der Waals surface area contributed by atoms with E-state index >= 15 is 0 Å². The molecule has 5 aromatic heterocycles. The predicted octanol–water partition coefficient (Wildman–Crippen LogP) is 12.8. The highest BCUT2D eigenvalue weighted by atomic mass is 16.2. The maximum atomic E-state index is 10.6. The molecule has 1 aromatic carbocycles. The van der Waals surface area contributed by atoms with E-state index in [-0.39, 0.29) is 61.3 Å². The number of hydrogen-bond donors (Lipinski definition) is 0. The molecule has 336 valence electrons. The molecule has 60 heavy (non-hydrogen) atoms. The molecule has 11 heteroatoms. The molecule has 0 fully saturated rings. The van der Waals surface area contributed by atoms with E-state index in [9.17, 15) is 9.59 Å². The maximum Gasteiger partial charge on any atom is 0.229 e. The Balaban J connectivity index is -0.000000143. The van der Waals surface area contributed by atoms with Gasteiger partial charge in [-0.1, -0.05) is 134 Å². The second-order valence-electron chi connectivity index (χ2n) is 14.0. The Bertz CT molecular complexity index is 1600. The van der Waals surface area contributed by atoms with Crippen LogP contribution in [-0.4, -0.2) is 44.9 Å². The molecule has 0 unspecified atom stereocenters. The average molecular weight is 830 g/mol. The SMILES string of the molecule is C.C.C.C.C.C.CC(C)c1cc(=O)c1=O.CC(C)c1ccccn1.CC(C)c1ccncc1.CC(C)c1ccncn1.CC(C)c1cnccn1.CC(C)c1ncncn1. The topological polar surface area (TPSA) is 150 Å². The molecule has 11 nitrogen and oxygen atoms in total. The first-order valence-corrected chi connectivity index (χ1v) is 18.4. The zero-order valence-corrected chi connectivity index (χ0v) is 34.1. The van der Waals surface area contributed by atoms with Gasteiger partial charge in [0.25, 0.3) is 0 Å². The molecule has 0 bridgehead atoms. The van der Waals surface area contributed by atoms with Gasteiger partial charge in [0.05, 0.1) is 5.69 Å². The molecular weight excluding hydrogens is 747 g/mol. The fourth-order valence-electron chi connectivity index (χ4n) is 4.03. The molecule has 0 spiro atoms. The van der Waals surface area contributed by atoms with Crippen molar-refractivity contribution in [3.8, 4) is 0 Å².